The van der Waals surface area contributed by atoms with Crippen molar-refractivity contribution in [1.82, 2.24) is 29.1 Å². The van der Waals surface area contributed by atoms with E-state index in [0.29, 0.717) is 22.8 Å². The Bertz CT molecular complexity index is 5400. The SMILES string of the molecule is Cn1c(-c2ccccc2O)nc2c(-c3[c-]c(-c4cc(-c5ccc(-c6ccccc6)cc5)ccn4)ccc3)ccc(-c3ccccc3)c21.Cn1c(-c2ccccc2O)nc2c(-c3[c-]c(-c4cc(-c5ccc6ccccc6c5)ccn4)ccc3)ccc(-c3ccccc3)c21.[Pt].[Pt]. The molecular weight excluding hydrogens is 1520 g/mol. The van der Waals surface area contributed by atoms with Crippen molar-refractivity contribution in [2.75, 3.05) is 0 Å². The first-order valence-electron chi connectivity index (χ1n) is 30.6. The third-order valence-electron chi connectivity index (χ3n) is 17.2. The topological polar surface area (TPSA) is 102 Å². The number of aryl methyl sites for hydroxylation is 2. The largest absolute Gasteiger partial charge is 0.507 e. The second-order valence-corrected chi connectivity index (χ2v) is 22.8. The van der Waals surface area contributed by atoms with Crippen LogP contribution in [0.5, 0.6) is 11.5 Å². The predicted molar refractivity (Wildman–Crippen MR) is 375 cm³/mol. The molecule has 94 heavy (non-hydrogen) atoms. The molecule has 0 saturated heterocycles. The van der Waals surface area contributed by atoms with Crippen molar-refractivity contribution in [3.8, 4) is 135 Å². The van der Waals surface area contributed by atoms with Gasteiger partial charge in [0, 0.05) is 91.1 Å². The van der Waals surface area contributed by atoms with Gasteiger partial charge in [-0.2, -0.15) is 0 Å². The number of pyridine rings is 2. The zero-order chi connectivity index (χ0) is 62.1. The zero-order valence-electron chi connectivity index (χ0n) is 51.1. The van der Waals surface area contributed by atoms with Crippen molar-refractivity contribution in [3.05, 3.63) is 316 Å². The van der Waals surface area contributed by atoms with E-state index in [1.807, 2.05) is 117 Å². The first-order valence-corrected chi connectivity index (χ1v) is 30.6. The van der Waals surface area contributed by atoms with Crippen molar-refractivity contribution < 1.29 is 52.3 Å². The van der Waals surface area contributed by atoms with Gasteiger partial charge in [-0.05, 0) is 97.7 Å². The molecule has 0 bridgehead atoms. The van der Waals surface area contributed by atoms with Crippen LogP contribution >= 0.6 is 0 Å². The Hall–Kier alpha value is -10.9. The van der Waals surface area contributed by atoms with Crippen LogP contribution in [-0.4, -0.2) is 39.3 Å². The number of hydrogen-bond donors (Lipinski definition) is 2. The minimum absolute atomic E-state index is 0. The monoisotopic (exact) mass is 1570 g/mol. The number of aromatic nitrogens is 6. The zero-order valence-corrected chi connectivity index (χ0v) is 55.6. The van der Waals surface area contributed by atoms with Gasteiger partial charge in [0.05, 0.1) is 33.2 Å². The molecule has 16 rings (SSSR count). The van der Waals surface area contributed by atoms with Crippen molar-refractivity contribution in [3.63, 3.8) is 0 Å². The molecule has 4 heterocycles. The number of fused-ring (bicyclic) bond motifs is 3. The van der Waals surface area contributed by atoms with E-state index >= 15 is 0 Å². The van der Waals surface area contributed by atoms with E-state index in [2.05, 4.69) is 209 Å². The van der Waals surface area contributed by atoms with Crippen LogP contribution in [0.15, 0.2) is 304 Å². The Morgan fingerprint density at radius 3 is 1.13 bits per heavy atom. The second kappa shape index (κ2) is 27.1. The first-order chi connectivity index (χ1) is 45.3. The van der Waals surface area contributed by atoms with Gasteiger partial charge in [0.1, 0.15) is 23.1 Å². The number of para-hydroxylation sites is 2. The average molecular weight is 1570 g/mol. The fourth-order valence-corrected chi connectivity index (χ4v) is 12.5. The van der Waals surface area contributed by atoms with Crippen LogP contribution in [0.3, 0.4) is 0 Å². The van der Waals surface area contributed by atoms with Crippen LogP contribution in [0.4, 0.5) is 0 Å². The summed E-state index contributed by atoms with van der Waals surface area (Å²) >= 11 is 0. The molecule has 4 aromatic heterocycles. The molecule has 0 aliphatic carbocycles. The summed E-state index contributed by atoms with van der Waals surface area (Å²) in [4.78, 5) is 19.8. The summed E-state index contributed by atoms with van der Waals surface area (Å²) in [5, 5.41) is 23.9. The Kier molecular flexibility index (Phi) is 17.9. The summed E-state index contributed by atoms with van der Waals surface area (Å²) in [6.45, 7) is 0. The van der Waals surface area contributed by atoms with E-state index in [1.54, 1.807) is 12.1 Å². The molecule has 0 radical (unpaired) electrons. The third-order valence-corrected chi connectivity index (χ3v) is 17.2. The number of aromatic hydroxyl groups is 2. The normalized spacial score (nSPS) is 11.0. The number of imidazole rings is 2. The Morgan fingerprint density at radius 1 is 0.287 bits per heavy atom. The van der Waals surface area contributed by atoms with Crippen LogP contribution in [0.1, 0.15) is 0 Å². The van der Waals surface area contributed by atoms with Crippen molar-refractivity contribution in [2.24, 2.45) is 14.1 Å². The van der Waals surface area contributed by atoms with Gasteiger partial charge in [0.15, 0.2) is 0 Å². The van der Waals surface area contributed by atoms with Crippen molar-refractivity contribution in [2.45, 2.75) is 0 Å². The fraction of sp³-hybridized carbons (Fsp3) is 0.0238. The molecule has 0 aliphatic rings. The molecule has 8 nitrogen and oxygen atoms in total. The van der Waals surface area contributed by atoms with Gasteiger partial charge in [-0.3, -0.25) is 9.97 Å². The van der Waals surface area contributed by atoms with Crippen LogP contribution in [0, 0.1) is 12.1 Å². The summed E-state index contributed by atoms with van der Waals surface area (Å²) in [6, 6.07) is 106. The van der Waals surface area contributed by atoms with Crippen molar-refractivity contribution in [1.29, 1.82) is 0 Å². The quantitative estimate of drug-likeness (QED) is 0.125. The maximum Gasteiger partial charge on any atom is 0.143 e. The van der Waals surface area contributed by atoms with Crippen LogP contribution in [0.2, 0.25) is 0 Å². The number of phenols is 2. The molecule has 458 valence electrons. The maximum atomic E-state index is 10.8. The fourth-order valence-electron chi connectivity index (χ4n) is 12.5. The second-order valence-electron chi connectivity index (χ2n) is 22.8. The molecule has 10 heteroatoms. The van der Waals surface area contributed by atoms with Crippen LogP contribution in [0.25, 0.3) is 156 Å². The smallest absolute Gasteiger partial charge is 0.143 e. The van der Waals surface area contributed by atoms with Gasteiger partial charge in [-0.15, -0.1) is 59.7 Å². The summed E-state index contributed by atoms with van der Waals surface area (Å²) in [7, 11) is 4.02. The summed E-state index contributed by atoms with van der Waals surface area (Å²) in [5.74, 6) is 1.80. The minimum Gasteiger partial charge on any atom is -0.507 e. The van der Waals surface area contributed by atoms with Crippen LogP contribution in [-0.2, 0) is 56.2 Å². The molecular formula is C84H58N6O2Pt2-2. The van der Waals surface area contributed by atoms with E-state index in [4.69, 9.17) is 19.9 Å². The average Bonchev–Trinajstić information content (AvgIpc) is 1.58. The third kappa shape index (κ3) is 12.1. The number of rotatable bonds is 11. The molecule has 0 saturated carbocycles. The number of nitrogens with zero attached hydrogens (tertiary/aromatic N) is 6. The molecule has 0 fully saturated rings. The predicted octanol–water partition coefficient (Wildman–Crippen LogP) is 20.4. The van der Waals surface area contributed by atoms with E-state index in [-0.39, 0.29) is 53.6 Å². The summed E-state index contributed by atoms with van der Waals surface area (Å²) < 4.78 is 4.16. The van der Waals surface area contributed by atoms with E-state index < -0.39 is 0 Å². The van der Waals surface area contributed by atoms with Gasteiger partial charge in [-0.25, -0.2) is 9.97 Å². The van der Waals surface area contributed by atoms with E-state index in [0.717, 1.165) is 111 Å². The number of benzene rings is 12. The van der Waals surface area contributed by atoms with E-state index in [9.17, 15) is 10.2 Å². The van der Waals surface area contributed by atoms with Gasteiger partial charge in [0.2, 0.25) is 0 Å². The molecule has 0 atom stereocenters. The van der Waals surface area contributed by atoms with E-state index in [1.165, 1.54) is 21.9 Å². The van der Waals surface area contributed by atoms with Crippen molar-refractivity contribution >= 4 is 32.8 Å². The maximum absolute atomic E-state index is 10.8. The first kappa shape index (κ1) is 61.9. The molecule has 0 unspecified atom stereocenters. The molecule has 16 aromatic rings. The minimum atomic E-state index is 0. The Balaban J connectivity index is 0.000000167. The summed E-state index contributed by atoms with van der Waals surface area (Å²) in [5.41, 5.74) is 23.6. The van der Waals surface area contributed by atoms with Gasteiger partial charge in [0.25, 0.3) is 0 Å². The summed E-state index contributed by atoms with van der Waals surface area (Å²) in [6.07, 6.45) is 3.73. The molecule has 0 amide bonds. The molecule has 2 N–H and O–H groups in total. The van der Waals surface area contributed by atoms with Gasteiger partial charge < -0.3 is 19.3 Å². The van der Waals surface area contributed by atoms with Gasteiger partial charge in [-0.1, -0.05) is 235 Å². The molecule has 0 spiro atoms. The number of hydrogen-bond acceptors (Lipinski definition) is 6. The number of phenolic OH excluding ortho intramolecular Hbond substituents is 2. The van der Waals surface area contributed by atoms with Gasteiger partial charge >= 0.3 is 0 Å². The standard InChI is InChI=1S/C43H30N3O.C41H28N3O.2Pt/c1-46-42-37(32-13-6-3-7-14-32)24-23-36(41(42)45-43(46)38-17-8-9-18-40(38)47)34-15-10-16-35(27-34)39-28-33(25-26-44-39)31-21-19-30(20-22-31)29-11-4-2-5-12-29;1-44-40-35(28-11-3-2-4-12-28)21-20-34(39(40)43-41(44)36-16-7-8-17-38(36)45)32-14-9-15-33(25-32)37-26-31(22-23-42-37)30-19-18-27-10-5-6-13-29(27)24-30;;/h2-26,28,47H,1H3;2-24,26,45H,1H3;;/q2*-1;;. The Labute approximate surface area is 574 Å². The molecule has 12 aromatic carbocycles. The Morgan fingerprint density at radius 2 is 0.649 bits per heavy atom. The molecule has 0 aliphatic heterocycles. The van der Waals surface area contributed by atoms with Crippen LogP contribution < -0.4 is 0 Å².